The fourth-order valence-corrected chi connectivity index (χ4v) is 2.44. The summed E-state index contributed by atoms with van der Waals surface area (Å²) in [6.45, 7) is 6.16. The Bertz CT molecular complexity index is 416. The highest BCUT2D eigenvalue weighted by Gasteiger charge is 2.20. The molecule has 1 aliphatic carbocycles. The van der Waals surface area contributed by atoms with Gasteiger partial charge in [-0.1, -0.05) is 39.5 Å². The fraction of sp³-hybridized carbons (Fsp3) is 0.722. The van der Waals surface area contributed by atoms with Crippen LogP contribution >= 0.6 is 0 Å². The van der Waals surface area contributed by atoms with Gasteiger partial charge in [-0.3, -0.25) is 0 Å². The van der Waals surface area contributed by atoms with Crippen molar-refractivity contribution in [2.75, 3.05) is 6.61 Å². The molecule has 0 aromatic carbocycles. The van der Waals surface area contributed by atoms with Gasteiger partial charge in [-0.05, 0) is 37.3 Å². The normalized spacial score (nSPS) is 14.4. The van der Waals surface area contributed by atoms with Crippen LogP contribution in [0.1, 0.15) is 70.1 Å². The highest BCUT2D eigenvalue weighted by Crippen LogP contribution is 2.20. The first-order chi connectivity index (χ1) is 10.3. The lowest BCUT2D eigenvalue weighted by Gasteiger charge is -2.10. The molecule has 0 aliphatic heterocycles. The van der Waals surface area contributed by atoms with Crippen LogP contribution in [0.4, 0.5) is 0 Å². The highest BCUT2D eigenvalue weighted by atomic mass is 16.5. The van der Waals surface area contributed by atoms with Crippen molar-refractivity contribution in [3.05, 3.63) is 23.4 Å². The number of nitrogens with one attached hydrogen (secondary N) is 1. The van der Waals surface area contributed by atoms with Crippen molar-refractivity contribution < 1.29 is 4.74 Å². The van der Waals surface area contributed by atoms with E-state index in [-0.39, 0.29) is 0 Å². The summed E-state index contributed by atoms with van der Waals surface area (Å²) in [5.74, 6) is 0.810. The van der Waals surface area contributed by atoms with Crippen LogP contribution in [-0.4, -0.2) is 17.6 Å². The third-order valence-corrected chi connectivity index (χ3v) is 3.84. The molecule has 0 atom stereocenters. The summed E-state index contributed by atoms with van der Waals surface area (Å²) >= 11 is 0. The van der Waals surface area contributed by atoms with Crippen LogP contribution in [0.25, 0.3) is 0 Å². The number of hydrogen-bond acceptors (Lipinski definition) is 3. The summed E-state index contributed by atoms with van der Waals surface area (Å²) in [6, 6.07) is 5.07. The Morgan fingerprint density at radius 1 is 1.14 bits per heavy atom. The molecule has 1 saturated carbocycles. The minimum atomic E-state index is 0.742. The summed E-state index contributed by atoms with van der Waals surface area (Å²) in [5.41, 5.74) is 2.47. The number of hydrogen-bond donors (Lipinski definition) is 1. The van der Waals surface area contributed by atoms with Crippen LogP contribution in [0.2, 0.25) is 0 Å². The zero-order valence-electron chi connectivity index (χ0n) is 13.7. The monoisotopic (exact) mass is 290 g/mol. The topological polar surface area (TPSA) is 34.1 Å². The zero-order chi connectivity index (χ0) is 14.9. The Morgan fingerprint density at radius 2 is 2.00 bits per heavy atom. The first-order valence-electron chi connectivity index (χ1n) is 8.67. The molecule has 3 nitrogen and oxygen atoms in total. The predicted octanol–water partition coefficient (Wildman–Crippen LogP) is 4.25. The van der Waals surface area contributed by atoms with Crippen LogP contribution in [-0.2, 0) is 13.0 Å². The average molecular weight is 290 g/mol. The van der Waals surface area contributed by atoms with E-state index >= 15 is 0 Å². The van der Waals surface area contributed by atoms with E-state index in [4.69, 9.17) is 4.74 Å². The SMILES string of the molecule is CCCCCCOc1cc(CNC2CC2)cc(CCC)n1. The molecule has 0 unspecified atom stereocenters. The van der Waals surface area contributed by atoms with Gasteiger partial charge in [0, 0.05) is 24.3 Å². The summed E-state index contributed by atoms with van der Waals surface area (Å²) in [4.78, 5) is 4.63. The molecule has 0 amide bonds. The Morgan fingerprint density at radius 3 is 2.71 bits per heavy atom. The van der Waals surface area contributed by atoms with E-state index in [2.05, 4.69) is 36.3 Å². The molecule has 0 bridgehead atoms. The Balaban J connectivity index is 1.86. The van der Waals surface area contributed by atoms with Crippen molar-refractivity contribution in [2.45, 2.75) is 77.8 Å². The minimum absolute atomic E-state index is 0.742. The average Bonchev–Trinajstić information content (AvgIpc) is 3.29. The van der Waals surface area contributed by atoms with Gasteiger partial charge in [0.05, 0.1) is 6.61 Å². The van der Waals surface area contributed by atoms with Gasteiger partial charge in [-0.2, -0.15) is 0 Å². The second-order valence-corrected chi connectivity index (χ2v) is 6.12. The molecule has 1 aromatic rings. The molecule has 1 aromatic heterocycles. The third kappa shape index (κ3) is 6.47. The lowest BCUT2D eigenvalue weighted by atomic mass is 10.1. The van der Waals surface area contributed by atoms with Crippen LogP contribution in [0.5, 0.6) is 5.88 Å². The Hall–Kier alpha value is -1.09. The number of unbranched alkanes of at least 4 members (excludes halogenated alkanes) is 3. The van der Waals surface area contributed by atoms with Gasteiger partial charge >= 0.3 is 0 Å². The van der Waals surface area contributed by atoms with Gasteiger partial charge in [0.2, 0.25) is 5.88 Å². The molecule has 2 rings (SSSR count). The van der Waals surface area contributed by atoms with Gasteiger partial charge in [-0.15, -0.1) is 0 Å². The lowest BCUT2D eigenvalue weighted by Crippen LogP contribution is -2.16. The molecular formula is C18H30N2O. The minimum Gasteiger partial charge on any atom is -0.478 e. The number of nitrogens with zero attached hydrogens (tertiary/aromatic N) is 1. The lowest BCUT2D eigenvalue weighted by molar-refractivity contribution is 0.292. The van der Waals surface area contributed by atoms with Crippen molar-refractivity contribution >= 4 is 0 Å². The first kappa shape index (κ1) is 16.3. The van der Waals surface area contributed by atoms with Crippen LogP contribution in [0.3, 0.4) is 0 Å². The molecule has 1 N–H and O–H groups in total. The van der Waals surface area contributed by atoms with Crippen molar-refractivity contribution in [2.24, 2.45) is 0 Å². The number of ether oxygens (including phenoxy) is 1. The second-order valence-electron chi connectivity index (χ2n) is 6.12. The van der Waals surface area contributed by atoms with E-state index in [9.17, 15) is 0 Å². The molecule has 3 heteroatoms. The van der Waals surface area contributed by atoms with E-state index in [0.717, 1.165) is 50.0 Å². The Kier molecular flexibility index (Phi) is 7.01. The molecule has 0 spiro atoms. The molecule has 118 valence electrons. The number of aryl methyl sites for hydroxylation is 1. The molecular weight excluding hydrogens is 260 g/mol. The van der Waals surface area contributed by atoms with Crippen LogP contribution < -0.4 is 10.1 Å². The number of rotatable bonds is 11. The standard InChI is InChI=1S/C18H30N2O/c1-3-5-6-7-11-21-18-13-15(14-19-16-9-10-16)12-17(20-18)8-4-2/h12-13,16,19H,3-11,14H2,1-2H3. The Labute approximate surface area is 129 Å². The van der Waals surface area contributed by atoms with E-state index in [1.54, 1.807) is 0 Å². The van der Waals surface area contributed by atoms with Gasteiger partial charge in [0.1, 0.15) is 0 Å². The van der Waals surface area contributed by atoms with Crippen molar-refractivity contribution in [3.8, 4) is 5.88 Å². The maximum atomic E-state index is 5.86. The van der Waals surface area contributed by atoms with Gasteiger partial charge < -0.3 is 10.1 Å². The smallest absolute Gasteiger partial charge is 0.213 e. The molecule has 0 saturated heterocycles. The zero-order valence-corrected chi connectivity index (χ0v) is 13.7. The fourth-order valence-electron chi connectivity index (χ4n) is 2.44. The van der Waals surface area contributed by atoms with Gasteiger partial charge in [-0.25, -0.2) is 4.98 Å². The van der Waals surface area contributed by atoms with Crippen LogP contribution in [0.15, 0.2) is 12.1 Å². The van der Waals surface area contributed by atoms with Gasteiger partial charge in [0.25, 0.3) is 0 Å². The maximum Gasteiger partial charge on any atom is 0.213 e. The van der Waals surface area contributed by atoms with E-state index < -0.39 is 0 Å². The molecule has 21 heavy (non-hydrogen) atoms. The molecule has 1 aliphatic rings. The summed E-state index contributed by atoms with van der Waals surface area (Å²) in [7, 11) is 0. The molecule has 0 radical (unpaired) electrons. The third-order valence-electron chi connectivity index (χ3n) is 3.84. The largest absolute Gasteiger partial charge is 0.478 e. The molecule has 1 heterocycles. The van der Waals surface area contributed by atoms with Crippen molar-refractivity contribution in [3.63, 3.8) is 0 Å². The van der Waals surface area contributed by atoms with Crippen LogP contribution in [0, 0.1) is 0 Å². The van der Waals surface area contributed by atoms with E-state index in [1.807, 2.05) is 0 Å². The first-order valence-corrected chi connectivity index (χ1v) is 8.67. The molecule has 1 fully saturated rings. The summed E-state index contributed by atoms with van der Waals surface area (Å²) in [5, 5.41) is 3.57. The summed E-state index contributed by atoms with van der Waals surface area (Å²) < 4.78 is 5.86. The van der Waals surface area contributed by atoms with Crippen molar-refractivity contribution in [1.29, 1.82) is 0 Å². The van der Waals surface area contributed by atoms with Gasteiger partial charge in [0.15, 0.2) is 0 Å². The highest BCUT2D eigenvalue weighted by molar-refractivity contribution is 5.25. The van der Waals surface area contributed by atoms with Crippen molar-refractivity contribution in [1.82, 2.24) is 10.3 Å². The number of aromatic nitrogens is 1. The summed E-state index contributed by atoms with van der Waals surface area (Å²) in [6.07, 6.45) is 9.75. The quantitative estimate of drug-likeness (QED) is 0.619. The number of pyridine rings is 1. The van der Waals surface area contributed by atoms with E-state index in [0.29, 0.717) is 0 Å². The van der Waals surface area contributed by atoms with E-state index in [1.165, 1.54) is 37.7 Å². The predicted molar refractivity (Wildman–Crippen MR) is 87.7 cm³/mol. The second kappa shape index (κ2) is 9.04. The maximum absolute atomic E-state index is 5.86.